The highest BCUT2D eigenvalue weighted by Gasteiger charge is 2.10. The first-order valence-electron chi connectivity index (χ1n) is 8.36. The number of rotatable bonds is 5. The number of benzene rings is 3. The fourth-order valence-electron chi connectivity index (χ4n) is 2.58. The molecule has 0 heterocycles. The molecule has 0 fully saturated rings. The van der Waals surface area contributed by atoms with E-state index in [-0.39, 0.29) is 12.5 Å². The minimum atomic E-state index is -0.247. The molecule has 0 aromatic heterocycles. The molecule has 0 bridgehead atoms. The van der Waals surface area contributed by atoms with E-state index in [1.165, 1.54) is 0 Å². The van der Waals surface area contributed by atoms with Gasteiger partial charge in [0.1, 0.15) is 12.4 Å². The van der Waals surface area contributed by atoms with Gasteiger partial charge >= 0.3 is 0 Å². The minimum Gasteiger partial charge on any atom is -0.489 e. The van der Waals surface area contributed by atoms with Crippen molar-refractivity contribution in [3.05, 3.63) is 94.0 Å². The summed E-state index contributed by atoms with van der Waals surface area (Å²) in [5, 5.41) is 12.6. The van der Waals surface area contributed by atoms with Crippen LogP contribution in [0, 0.1) is 18.3 Å². The molecule has 3 aromatic rings. The SMILES string of the molecule is Cc1c(Cl)cccc1NC(=O)c1cccc(OCc2ccccc2C#N)c1. The number of hydrogen-bond acceptors (Lipinski definition) is 3. The van der Waals surface area contributed by atoms with Crippen LogP contribution in [0.25, 0.3) is 0 Å². The highest BCUT2D eigenvalue weighted by molar-refractivity contribution is 6.31. The van der Waals surface area contributed by atoms with E-state index in [1.54, 1.807) is 48.5 Å². The van der Waals surface area contributed by atoms with E-state index in [2.05, 4.69) is 11.4 Å². The van der Waals surface area contributed by atoms with Crippen LogP contribution in [-0.4, -0.2) is 5.91 Å². The molecule has 0 spiro atoms. The van der Waals surface area contributed by atoms with E-state index < -0.39 is 0 Å². The Hall–Kier alpha value is -3.29. The highest BCUT2D eigenvalue weighted by Crippen LogP contribution is 2.24. The van der Waals surface area contributed by atoms with Crippen molar-refractivity contribution in [2.24, 2.45) is 0 Å². The van der Waals surface area contributed by atoms with E-state index >= 15 is 0 Å². The third-order valence-electron chi connectivity index (χ3n) is 4.14. The maximum Gasteiger partial charge on any atom is 0.255 e. The molecule has 27 heavy (non-hydrogen) atoms. The molecule has 0 radical (unpaired) electrons. The summed E-state index contributed by atoms with van der Waals surface area (Å²) in [6.07, 6.45) is 0. The van der Waals surface area contributed by atoms with Crippen molar-refractivity contribution in [1.82, 2.24) is 0 Å². The lowest BCUT2D eigenvalue weighted by molar-refractivity contribution is 0.102. The second kappa shape index (κ2) is 8.39. The first-order chi connectivity index (χ1) is 13.1. The Kier molecular flexibility index (Phi) is 5.75. The maximum atomic E-state index is 12.6. The lowest BCUT2D eigenvalue weighted by Crippen LogP contribution is -2.13. The first-order valence-corrected chi connectivity index (χ1v) is 8.73. The quantitative estimate of drug-likeness (QED) is 0.652. The zero-order valence-corrected chi connectivity index (χ0v) is 15.5. The Bertz CT molecular complexity index is 1020. The largest absolute Gasteiger partial charge is 0.489 e. The molecule has 0 aliphatic rings. The Labute approximate surface area is 163 Å². The smallest absolute Gasteiger partial charge is 0.255 e. The van der Waals surface area contributed by atoms with Crippen LogP contribution in [-0.2, 0) is 6.61 Å². The molecule has 5 heteroatoms. The average molecular weight is 377 g/mol. The normalized spacial score (nSPS) is 10.1. The minimum absolute atomic E-state index is 0.247. The van der Waals surface area contributed by atoms with Crippen LogP contribution >= 0.6 is 11.6 Å². The number of carbonyl (C=O) groups excluding carboxylic acids is 1. The van der Waals surface area contributed by atoms with Gasteiger partial charge in [0.15, 0.2) is 0 Å². The van der Waals surface area contributed by atoms with E-state index in [9.17, 15) is 4.79 Å². The molecule has 3 aromatic carbocycles. The van der Waals surface area contributed by atoms with Gasteiger partial charge in [0.25, 0.3) is 5.91 Å². The molecule has 0 aliphatic carbocycles. The summed E-state index contributed by atoms with van der Waals surface area (Å²) in [5.41, 5.74) is 3.32. The number of carbonyl (C=O) groups is 1. The summed E-state index contributed by atoms with van der Waals surface area (Å²) in [6, 6.07) is 21.7. The molecule has 0 atom stereocenters. The van der Waals surface area contributed by atoms with Crippen LogP contribution in [0.15, 0.2) is 66.7 Å². The molecule has 1 N–H and O–H groups in total. The van der Waals surface area contributed by atoms with Gasteiger partial charge in [-0.2, -0.15) is 5.26 Å². The van der Waals surface area contributed by atoms with Crippen molar-refractivity contribution in [3.63, 3.8) is 0 Å². The predicted molar refractivity (Wildman–Crippen MR) is 106 cm³/mol. The van der Waals surface area contributed by atoms with E-state index in [4.69, 9.17) is 21.6 Å². The number of anilines is 1. The van der Waals surface area contributed by atoms with Gasteiger partial charge in [-0.15, -0.1) is 0 Å². The molecule has 0 saturated carbocycles. The van der Waals surface area contributed by atoms with Gasteiger partial charge < -0.3 is 10.1 Å². The van der Waals surface area contributed by atoms with Gasteiger partial charge in [-0.3, -0.25) is 4.79 Å². The number of ether oxygens (including phenoxy) is 1. The number of nitrogens with one attached hydrogen (secondary N) is 1. The second-order valence-electron chi connectivity index (χ2n) is 5.95. The summed E-state index contributed by atoms with van der Waals surface area (Å²) >= 11 is 6.10. The van der Waals surface area contributed by atoms with Crippen molar-refractivity contribution in [2.75, 3.05) is 5.32 Å². The van der Waals surface area contributed by atoms with E-state index in [0.29, 0.717) is 27.6 Å². The van der Waals surface area contributed by atoms with E-state index in [0.717, 1.165) is 11.1 Å². The summed E-state index contributed by atoms with van der Waals surface area (Å²) < 4.78 is 5.77. The Balaban J connectivity index is 1.72. The number of amides is 1. The highest BCUT2D eigenvalue weighted by atomic mass is 35.5. The molecule has 0 unspecified atom stereocenters. The molecule has 0 saturated heterocycles. The standard InChI is InChI=1S/C22H17ClN2O2/c1-15-20(23)10-5-11-21(15)25-22(26)16-8-4-9-19(12-16)27-14-18-7-3-2-6-17(18)13-24/h2-12H,14H2,1H3,(H,25,26). The summed E-state index contributed by atoms with van der Waals surface area (Å²) in [6.45, 7) is 2.10. The summed E-state index contributed by atoms with van der Waals surface area (Å²) in [5.74, 6) is 0.307. The zero-order valence-electron chi connectivity index (χ0n) is 14.7. The van der Waals surface area contributed by atoms with Gasteiger partial charge in [0.05, 0.1) is 11.6 Å². The van der Waals surface area contributed by atoms with Crippen molar-refractivity contribution in [2.45, 2.75) is 13.5 Å². The monoisotopic (exact) mass is 376 g/mol. The molecule has 1 amide bonds. The molecule has 0 aliphatic heterocycles. The zero-order chi connectivity index (χ0) is 19.2. The third-order valence-corrected chi connectivity index (χ3v) is 4.55. The van der Waals surface area contributed by atoms with Crippen LogP contribution in [0.1, 0.15) is 27.0 Å². The Morgan fingerprint density at radius 2 is 1.89 bits per heavy atom. The number of hydrogen-bond donors (Lipinski definition) is 1. The third kappa shape index (κ3) is 4.46. The van der Waals surface area contributed by atoms with Crippen LogP contribution in [0.4, 0.5) is 5.69 Å². The lowest BCUT2D eigenvalue weighted by atomic mass is 10.1. The Morgan fingerprint density at radius 3 is 2.70 bits per heavy atom. The van der Waals surface area contributed by atoms with Crippen molar-refractivity contribution >= 4 is 23.2 Å². The fourth-order valence-corrected chi connectivity index (χ4v) is 2.76. The molecule has 3 rings (SSSR count). The van der Waals surface area contributed by atoms with Gasteiger partial charge in [-0.05, 0) is 48.9 Å². The van der Waals surface area contributed by atoms with E-state index in [1.807, 2.05) is 25.1 Å². The fraction of sp³-hybridized carbons (Fsp3) is 0.0909. The number of halogens is 1. The van der Waals surface area contributed by atoms with Gasteiger partial charge in [-0.1, -0.05) is 41.9 Å². The van der Waals surface area contributed by atoms with Gasteiger partial charge in [0, 0.05) is 21.8 Å². The van der Waals surface area contributed by atoms with Crippen LogP contribution in [0.2, 0.25) is 5.02 Å². The maximum absolute atomic E-state index is 12.6. The second-order valence-corrected chi connectivity index (χ2v) is 6.36. The summed E-state index contributed by atoms with van der Waals surface area (Å²) in [7, 11) is 0. The van der Waals surface area contributed by atoms with Gasteiger partial charge in [-0.25, -0.2) is 0 Å². The molecular weight excluding hydrogens is 360 g/mol. The van der Waals surface area contributed by atoms with Crippen LogP contribution in [0.3, 0.4) is 0 Å². The van der Waals surface area contributed by atoms with Crippen molar-refractivity contribution in [3.8, 4) is 11.8 Å². The lowest BCUT2D eigenvalue weighted by Gasteiger charge is -2.11. The van der Waals surface area contributed by atoms with Gasteiger partial charge in [0.2, 0.25) is 0 Å². The Morgan fingerprint density at radius 1 is 1.11 bits per heavy atom. The van der Waals surface area contributed by atoms with Crippen LogP contribution in [0.5, 0.6) is 5.75 Å². The van der Waals surface area contributed by atoms with Crippen molar-refractivity contribution in [1.29, 1.82) is 5.26 Å². The predicted octanol–water partition coefficient (Wildman–Crippen LogP) is 5.35. The first kappa shape index (κ1) is 18.5. The summed E-state index contributed by atoms with van der Waals surface area (Å²) in [4.78, 5) is 12.6. The molecule has 134 valence electrons. The van der Waals surface area contributed by atoms with Crippen LogP contribution < -0.4 is 10.1 Å². The molecular formula is C22H17ClN2O2. The number of nitriles is 1. The number of nitrogens with zero attached hydrogens (tertiary/aromatic N) is 1. The average Bonchev–Trinajstić information content (AvgIpc) is 2.70. The van der Waals surface area contributed by atoms with Crippen molar-refractivity contribution < 1.29 is 9.53 Å². The molecule has 4 nitrogen and oxygen atoms in total. The topological polar surface area (TPSA) is 62.1 Å².